The average Bonchev–Trinajstić information content (AvgIpc) is 2.97. The molecule has 2 rings (SSSR count). The molecule has 80 valence electrons. The zero-order chi connectivity index (χ0) is 10.3. The molecule has 1 heterocycles. The Labute approximate surface area is 81.9 Å². The van der Waals surface area contributed by atoms with Gasteiger partial charge in [-0.15, -0.1) is 0 Å². The molecule has 0 amide bonds. The molecular weight excluding hydrogens is 186 g/mol. The Morgan fingerprint density at radius 3 is 2.43 bits per heavy atom. The lowest BCUT2D eigenvalue weighted by molar-refractivity contribution is -0.135. The lowest BCUT2D eigenvalue weighted by atomic mass is 9.94. The number of β-amino-alcohol motifs (C(OH)–C–C–N with tert-alkyl or cyclic N) is 1. The molecule has 0 saturated carbocycles. The summed E-state index contributed by atoms with van der Waals surface area (Å²) >= 11 is 0. The number of nitrogens with zero attached hydrogens (tertiary/aromatic N) is 1. The minimum Gasteiger partial charge on any atom is -0.394 e. The van der Waals surface area contributed by atoms with Crippen molar-refractivity contribution in [1.29, 1.82) is 0 Å². The zero-order valence-corrected chi connectivity index (χ0v) is 7.74. The van der Waals surface area contributed by atoms with Crippen LogP contribution in [0.2, 0.25) is 0 Å². The third kappa shape index (κ3) is 1.52. The smallest absolute Gasteiger partial charge is 0.110 e. The number of likely N-dealkylation sites (tertiary alicyclic amines) is 1. The minimum atomic E-state index is -1.16. The predicted molar refractivity (Wildman–Crippen MR) is 48.3 cm³/mol. The molecule has 5 heteroatoms. The summed E-state index contributed by atoms with van der Waals surface area (Å²) in [7, 11) is 0. The monoisotopic (exact) mass is 201 g/mol. The van der Waals surface area contributed by atoms with Crippen molar-refractivity contribution >= 4 is 0 Å². The zero-order valence-electron chi connectivity index (χ0n) is 7.74. The number of hydrogen-bond donors (Lipinski definition) is 4. The topological polar surface area (TPSA) is 84.2 Å². The van der Waals surface area contributed by atoms with Crippen molar-refractivity contribution in [2.75, 3.05) is 13.2 Å². The van der Waals surface area contributed by atoms with Gasteiger partial charge < -0.3 is 25.3 Å². The van der Waals surface area contributed by atoms with Crippen molar-refractivity contribution in [3.8, 4) is 0 Å². The molecule has 1 aliphatic carbocycles. The molecule has 0 aromatic rings. The molecule has 4 N–H and O–H groups in total. The Hall–Kier alpha value is -0.620. The van der Waals surface area contributed by atoms with Crippen LogP contribution in [-0.4, -0.2) is 62.8 Å². The van der Waals surface area contributed by atoms with Crippen molar-refractivity contribution in [1.82, 2.24) is 4.90 Å². The molecule has 1 fully saturated rings. The summed E-state index contributed by atoms with van der Waals surface area (Å²) < 4.78 is 0. The van der Waals surface area contributed by atoms with Crippen molar-refractivity contribution in [3.05, 3.63) is 11.8 Å². The Morgan fingerprint density at radius 1 is 1.29 bits per heavy atom. The second-order valence-corrected chi connectivity index (χ2v) is 3.85. The summed E-state index contributed by atoms with van der Waals surface area (Å²) in [5.74, 6) is 0. The molecule has 0 spiro atoms. The van der Waals surface area contributed by atoms with Crippen LogP contribution in [0.15, 0.2) is 11.8 Å². The van der Waals surface area contributed by atoms with Gasteiger partial charge in [-0.05, 0) is 0 Å². The van der Waals surface area contributed by atoms with Crippen molar-refractivity contribution < 1.29 is 20.4 Å². The maximum atomic E-state index is 9.62. The van der Waals surface area contributed by atoms with Crippen LogP contribution in [0.1, 0.15) is 6.42 Å². The van der Waals surface area contributed by atoms with Gasteiger partial charge >= 0.3 is 0 Å². The summed E-state index contributed by atoms with van der Waals surface area (Å²) in [6.45, 7) is 0.0531. The SMILES string of the molecule is OCC1C(O)C(O)C(O)CN1C1=CC1. The van der Waals surface area contributed by atoms with Gasteiger partial charge in [0.2, 0.25) is 0 Å². The maximum Gasteiger partial charge on any atom is 0.110 e. The Bertz CT molecular complexity index is 255. The van der Waals surface area contributed by atoms with Gasteiger partial charge in [-0.25, -0.2) is 0 Å². The number of piperidine rings is 1. The van der Waals surface area contributed by atoms with E-state index in [9.17, 15) is 15.3 Å². The molecule has 0 radical (unpaired) electrons. The van der Waals surface area contributed by atoms with Crippen LogP contribution in [0.4, 0.5) is 0 Å². The fourth-order valence-electron chi connectivity index (χ4n) is 1.90. The molecule has 1 aliphatic heterocycles. The molecule has 1 saturated heterocycles. The van der Waals surface area contributed by atoms with E-state index in [-0.39, 0.29) is 13.2 Å². The van der Waals surface area contributed by atoms with Crippen LogP contribution in [0.3, 0.4) is 0 Å². The van der Waals surface area contributed by atoms with Gasteiger partial charge in [-0.3, -0.25) is 0 Å². The highest BCUT2D eigenvalue weighted by Crippen LogP contribution is 2.30. The highest BCUT2D eigenvalue weighted by molar-refractivity contribution is 5.23. The fourth-order valence-corrected chi connectivity index (χ4v) is 1.90. The van der Waals surface area contributed by atoms with Crippen LogP contribution < -0.4 is 0 Å². The number of allylic oxidation sites excluding steroid dienone is 2. The first kappa shape index (κ1) is 9.92. The molecule has 4 unspecified atom stereocenters. The summed E-state index contributed by atoms with van der Waals surface area (Å²) in [4.78, 5) is 1.77. The van der Waals surface area contributed by atoms with Crippen LogP contribution in [0.25, 0.3) is 0 Å². The van der Waals surface area contributed by atoms with Gasteiger partial charge in [0.25, 0.3) is 0 Å². The van der Waals surface area contributed by atoms with E-state index < -0.39 is 24.4 Å². The second kappa shape index (κ2) is 3.51. The fraction of sp³-hybridized carbons (Fsp3) is 0.778. The first-order valence-electron chi connectivity index (χ1n) is 4.76. The molecule has 0 aromatic carbocycles. The second-order valence-electron chi connectivity index (χ2n) is 3.85. The quantitative estimate of drug-likeness (QED) is 0.416. The first-order chi connectivity index (χ1) is 6.65. The molecule has 0 bridgehead atoms. The van der Waals surface area contributed by atoms with Gasteiger partial charge in [-0.1, -0.05) is 6.08 Å². The molecule has 0 aromatic heterocycles. The van der Waals surface area contributed by atoms with Crippen molar-refractivity contribution in [3.63, 3.8) is 0 Å². The lowest BCUT2D eigenvalue weighted by Crippen LogP contribution is -2.61. The molecule has 4 atom stereocenters. The van der Waals surface area contributed by atoms with Crippen LogP contribution in [0, 0.1) is 0 Å². The van der Waals surface area contributed by atoms with E-state index in [4.69, 9.17) is 5.11 Å². The Kier molecular flexibility index (Phi) is 2.48. The van der Waals surface area contributed by atoms with Crippen LogP contribution >= 0.6 is 0 Å². The van der Waals surface area contributed by atoms with E-state index in [2.05, 4.69) is 0 Å². The molecule has 5 nitrogen and oxygen atoms in total. The number of aliphatic hydroxyl groups excluding tert-OH is 4. The first-order valence-corrected chi connectivity index (χ1v) is 4.76. The average molecular weight is 201 g/mol. The van der Waals surface area contributed by atoms with E-state index in [1.165, 1.54) is 0 Å². The van der Waals surface area contributed by atoms with Gasteiger partial charge in [0.1, 0.15) is 12.2 Å². The summed E-state index contributed by atoms with van der Waals surface area (Å²) in [6.07, 6.45) is -0.409. The summed E-state index contributed by atoms with van der Waals surface area (Å²) in [5, 5.41) is 37.6. The number of rotatable bonds is 2. The van der Waals surface area contributed by atoms with Crippen molar-refractivity contribution in [2.45, 2.75) is 30.8 Å². The normalized spacial score (nSPS) is 42.3. The van der Waals surface area contributed by atoms with E-state index in [1.807, 2.05) is 6.08 Å². The maximum absolute atomic E-state index is 9.62. The van der Waals surface area contributed by atoms with Gasteiger partial charge in [0, 0.05) is 18.7 Å². The van der Waals surface area contributed by atoms with E-state index in [1.54, 1.807) is 4.90 Å². The van der Waals surface area contributed by atoms with E-state index in [0.29, 0.717) is 0 Å². The van der Waals surface area contributed by atoms with Crippen LogP contribution in [-0.2, 0) is 0 Å². The van der Waals surface area contributed by atoms with Gasteiger partial charge in [-0.2, -0.15) is 0 Å². The minimum absolute atomic E-state index is 0.220. The van der Waals surface area contributed by atoms with E-state index in [0.717, 1.165) is 12.1 Å². The number of hydrogen-bond acceptors (Lipinski definition) is 5. The highest BCUT2D eigenvalue weighted by atomic mass is 16.4. The van der Waals surface area contributed by atoms with Crippen molar-refractivity contribution in [2.24, 2.45) is 0 Å². The van der Waals surface area contributed by atoms with Crippen LogP contribution in [0.5, 0.6) is 0 Å². The Morgan fingerprint density at radius 2 is 1.93 bits per heavy atom. The molecule has 2 aliphatic rings. The standard InChI is InChI=1S/C9H15NO4/c11-4-6-8(13)9(14)7(12)3-10(6)5-1-2-5/h1,6-9,11-14H,2-4H2. The largest absolute Gasteiger partial charge is 0.394 e. The summed E-state index contributed by atoms with van der Waals surface area (Å²) in [6, 6.07) is -0.498. The summed E-state index contributed by atoms with van der Waals surface area (Å²) in [5.41, 5.74) is 1.02. The highest BCUT2D eigenvalue weighted by Gasteiger charge is 2.42. The van der Waals surface area contributed by atoms with Gasteiger partial charge in [0.05, 0.1) is 18.8 Å². The Balaban J connectivity index is 2.12. The number of aliphatic hydroxyl groups is 4. The van der Waals surface area contributed by atoms with Gasteiger partial charge in [0.15, 0.2) is 0 Å². The third-order valence-corrected chi connectivity index (χ3v) is 2.87. The third-order valence-electron chi connectivity index (χ3n) is 2.87. The molecular formula is C9H15NO4. The predicted octanol–water partition coefficient (Wildman–Crippen LogP) is -1.97. The molecule has 14 heavy (non-hydrogen) atoms. The lowest BCUT2D eigenvalue weighted by Gasteiger charge is -2.43. The van der Waals surface area contributed by atoms with E-state index >= 15 is 0 Å².